The number of ether oxygens (including phenoxy) is 4. The third kappa shape index (κ3) is 1.11. The minimum Gasteiger partial charge on any atom is -0.453 e. The molecular formula is C8H10O6. The molecule has 2 aliphatic rings. The van der Waals surface area contributed by atoms with Crippen molar-refractivity contribution >= 4 is 11.9 Å². The molecule has 0 aromatic heterocycles. The molecule has 6 heteroatoms. The van der Waals surface area contributed by atoms with Gasteiger partial charge in [-0.2, -0.15) is 0 Å². The second-order valence-corrected chi connectivity index (χ2v) is 3.12. The zero-order valence-electron chi connectivity index (χ0n) is 7.76. The molecule has 1 unspecified atom stereocenters. The second kappa shape index (κ2) is 3.21. The van der Waals surface area contributed by atoms with Crippen molar-refractivity contribution in [2.24, 2.45) is 0 Å². The van der Waals surface area contributed by atoms with Crippen molar-refractivity contribution in [3.8, 4) is 0 Å². The molecule has 0 saturated carbocycles. The van der Waals surface area contributed by atoms with Crippen LogP contribution in [0.15, 0.2) is 0 Å². The molecule has 0 spiro atoms. The first kappa shape index (κ1) is 9.42. The summed E-state index contributed by atoms with van der Waals surface area (Å²) in [7, 11) is 2.73. The predicted molar refractivity (Wildman–Crippen MR) is 41.4 cm³/mol. The van der Waals surface area contributed by atoms with E-state index in [0.29, 0.717) is 0 Å². The Labute approximate surface area is 80.1 Å². The van der Waals surface area contributed by atoms with E-state index in [4.69, 9.17) is 18.9 Å². The lowest BCUT2D eigenvalue weighted by Gasteiger charge is -2.10. The summed E-state index contributed by atoms with van der Waals surface area (Å²) in [6.45, 7) is 0. The molecule has 2 rings (SSSR count). The fourth-order valence-corrected chi connectivity index (χ4v) is 1.73. The summed E-state index contributed by atoms with van der Waals surface area (Å²) in [6.07, 6.45) is -3.01. The van der Waals surface area contributed by atoms with E-state index in [2.05, 4.69) is 0 Å². The Kier molecular flexibility index (Phi) is 2.16. The minimum atomic E-state index is -0.830. The second-order valence-electron chi connectivity index (χ2n) is 3.12. The molecule has 78 valence electrons. The van der Waals surface area contributed by atoms with Gasteiger partial charge in [0.05, 0.1) is 0 Å². The largest absolute Gasteiger partial charge is 0.453 e. The van der Waals surface area contributed by atoms with Gasteiger partial charge < -0.3 is 18.9 Å². The Morgan fingerprint density at radius 1 is 0.929 bits per heavy atom. The van der Waals surface area contributed by atoms with Gasteiger partial charge in [-0.15, -0.1) is 0 Å². The van der Waals surface area contributed by atoms with Gasteiger partial charge in [0.1, 0.15) is 0 Å². The molecule has 2 fully saturated rings. The molecule has 0 bridgehead atoms. The summed E-state index contributed by atoms with van der Waals surface area (Å²) >= 11 is 0. The van der Waals surface area contributed by atoms with E-state index in [0.717, 1.165) is 0 Å². The monoisotopic (exact) mass is 202 g/mol. The molecule has 6 nitrogen and oxygen atoms in total. The number of methoxy groups -OCH3 is 2. The molecule has 2 heterocycles. The molecule has 0 amide bonds. The summed E-state index contributed by atoms with van der Waals surface area (Å²) in [5, 5.41) is 0. The molecule has 0 N–H and O–H groups in total. The first-order valence-corrected chi connectivity index (χ1v) is 4.15. The van der Waals surface area contributed by atoms with Crippen LogP contribution < -0.4 is 0 Å². The van der Waals surface area contributed by atoms with E-state index in [1.165, 1.54) is 14.2 Å². The fraction of sp³-hybridized carbons (Fsp3) is 0.750. The van der Waals surface area contributed by atoms with Crippen LogP contribution >= 0.6 is 0 Å². The average molecular weight is 202 g/mol. The molecule has 0 aromatic rings. The van der Waals surface area contributed by atoms with Gasteiger partial charge in [-0.3, -0.25) is 0 Å². The summed E-state index contributed by atoms with van der Waals surface area (Å²) in [4.78, 5) is 22.4. The maximum Gasteiger partial charge on any atom is 0.339 e. The number of hydrogen-bond acceptors (Lipinski definition) is 6. The van der Waals surface area contributed by atoms with Gasteiger partial charge in [0.15, 0.2) is 24.4 Å². The lowest BCUT2D eigenvalue weighted by Crippen LogP contribution is -2.33. The van der Waals surface area contributed by atoms with Crippen molar-refractivity contribution in [2.45, 2.75) is 24.4 Å². The van der Waals surface area contributed by atoms with Gasteiger partial charge in [-0.05, 0) is 0 Å². The number of esters is 2. The standard InChI is InChI=1S/C8H10O6/c1-11-5-3-4(14-7(5)9)6(12-2)8(10)13-3/h3-6H,1-2H3/t3-,4?,5-,6-/m1/s1. The number of rotatable bonds is 2. The number of carbonyl (C=O) groups is 2. The van der Waals surface area contributed by atoms with Crippen LogP contribution in [0.25, 0.3) is 0 Å². The van der Waals surface area contributed by atoms with E-state index in [1.807, 2.05) is 0 Å². The lowest BCUT2D eigenvalue weighted by molar-refractivity contribution is -0.161. The normalized spacial score (nSPS) is 40.7. The third-order valence-electron chi connectivity index (χ3n) is 2.40. The maximum absolute atomic E-state index is 11.2. The Morgan fingerprint density at radius 2 is 1.29 bits per heavy atom. The van der Waals surface area contributed by atoms with Crippen LogP contribution in [0.5, 0.6) is 0 Å². The first-order valence-electron chi connectivity index (χ1n) is 4.15. The summed E-state index contributed by atoms with van der Waals surface area (Å²) in [5.74, 6) is -1.03. The molecule has 4 atom stereocenters. The van der Waals surface area contributed by atoms with Gasteiger partial charge in [0.25, 0.3) is 0 Å². The predicted octanol–water partition coefficient (Wildman–Crippen LogP) is -1.13. The van der Waals surface area contributed by atoms with E-state index < -0.39 is 36.4 Å². The highest BCUT2D eigenvalue weighted by Crippen LogP contribution is 2.31. The summed E-state index contributed by atoms with van der Waals surface area (Å²) in [6, 6.07) is 0. The molecule has 14 heavy (non-hydrogen) atoms. The zero-order chi connectivity index (χ0) is 10.3. The number of hydrogen-bond donors (Lipinski definition) is 0. The van der Waals surface area contributed by atoms with Crippen molar-refractivity contribution < 1.29 is 28.5 Å². The van der Waals surface area contributed by atoms with Crippen LogP contribution in [0.2, 0.25) is 0 Å². The third-order valence-corrected chi connectivity index (χ3v) is 2.40. The van der Waals surface area contributed by atoms with Crippen LogP contribution in [-0.2, 0) is 28.5 Å². The molecule has 0 radical (unpaired) electrons. The Hall–Kier alpha value is -1.14. The fourth-order valence-electron chi connectivity index (χ4n) is 1.73. The number of fused-ring (bicyclic) bond motifs is 1. The summed E-state index contributed by atoms with van der Waals surface area (Å²) < 4.78 is 19.6. The van der Waals surface area contributed by atoms with Crippen LogP contribution in [0, 0.1) is 0 Å². The van der Waals surface area contributed by atoms with Crippen molar-refractivity contribution in [1.82, 2.24) is 0 Å². The SMILES string of the molecule is CO[C@H]1C(=O)O[C@@H]2C1OC(=O)[C@@H]2OC. The topological polar surface area (TPSA) is 71.1 Å². The average Bonchev–Trinajstić information content (AvgIpc) is 2.58. The van der Waals surface area contributed by atoms with Crippen LogP contribution in [0.4, 0.5) is 0 Å². The maximum atomic E-state index is 11.2. The Morgan fingerprint density at radius 3 is 1.57 bits per heavy atom. The van der Waals surface area contributed by atoms with Gasteiger partial charge >= 0.3 is 11.9 Å². The Balaban J connectivity index is 2.20. The minimum absolute atomic E-state index is 0.517. The van der Waals surface area contributed by atoms with E-state index >= 15 is 0 Å². The van der Waals surface area contributed by atoms with Gasteiger partial charge in [0.2, 0.25) is 0 Å². The van der Waals surface area contributed by atoms with E-state index in [9.17, 15) is 9.59 Å². The number of carbonyl (C=O) groups excluding carboxylic acids is 2. The van der Waals surface area contributed by atoms with Crippen LogP contribution in [-0.4, -0.2) is 50.6 Å². The van der Waals surface area contributed by atoms with Crippen molar-refractivity contribution in [2.75, 3.05) is 14.2 Å². The molecule has 2 aliphatic heterocycles. The van der Waals surface area contributed by atoms with Crippen molar-refractivity contribution in [3.05, 3.63) is 0 Å². The van der Waals surface area contributed by atoms with Crippen LogP contribution in [0.3, 0.4) is 0 Å². The molecule has 2 saturated heterocycles. The van der Waals surface area contributed by atoms with Gasteiger partial charge in [-0.1, -0.05) is 0 Å². The lowest BCUT2D eigenvalue weighted by atomic mass is 10.1. The quantitative estimate of drug-likeness (QED) is 0.527. The van der Waals surface area contributed by atoms with E-state index in [1.54, 1.807) is 0 Å². The summed E-state index contributed by atoms with van der Waals surface area (Å²) in [5.41, 5.74) is 0. The first-order chi connectivity index (χ1) is 6.69. The highest BCUT2D eigenvalue weighted by molar-refractivity contribution is 5.85. The smallest absolute Gasteiger partial charge is 0.339 e. The molecule has 0 aromatic carbocycles. The van der Waals surface area contributed by atoms with Crippen LogP contribution in [0.1, 0.15) is 0 Å². The van der Waals surface area contributed by atoms with Gasteiger partial charge in [-0.25, -0.2) is 9.59 Å². The van der Waals surface area contributed by atoms with Gasteiger partial charge in [0, 0.05) is 14.2 Å². The Bertz CT molecular complexity index is 247. The van der Waals surface area contributed by atoms with Crippen molar-refractivity contribution in [1.29, 1.82) is 0 Å². The highest BCUT2D eigenvalue weighted by atomic mass is 16.7. The molecule has 0 aliphatic carbocycles. The van der Waals surface area contributed by atoms with Crippen molar-refractivity contribution in [3.63, 3.8) is 0 Å². The molecular weight excluding hydrogens is 192 g/mol. The van der Waals surface area contributed by atoms with E-state index in [-0.39, 0.29) is 0 Å². The highest BCUT2D eigenvalue weighted by Gasteiger charge is 2.58. The zero-order valence-corrected chi connectivity index (χ0v) is 7.76.